The molecule has 1 atom stereocenters. The second kappa shape index (κ2) is 8.73. The molecule has 6 heteroatoms. The molecule has 0 bridgehead atoms. The van der Waals surface area contributed by atoms with Gasteiger partial charge in [-0.15, -0.1) is 0 Å². The predicted octanol–water partition coefficient (Wildman–Crippen LogP) is 2.77. The number of hydrogen-bond donors (Lipinski definition) is 2. The Morgan fingerprint density at radius 2 is 1.80 bits per heavy atom. The van der Waals surface area contributed by atoms with Crippen LogP contribution in [0.5, 0.6) is 11.5 Å². The topological polar surface area (TPSA) is 99.9 Å². The molecule has 4 N–H and O–H groups in total. The van der Waals surface area contributed by atoms with E-state index in [0.29, 0.717) is 30.0 Å². The predicted molar refractivity (Wildman–Crippen MR) is 98.0 cm³/mol. The van der Waals surface area contributed by atoms with Crippen LogP contribution in [0.15, 0.2) is 53.5 Å². The number of rotatable bonds is 7. The highest BCUT2D eigenvalue weighted by Crippen LogP contribution is 2.22. The zero-order chi connectivity index (χ0) is 18.2. The molecule has 0 saturated carbocycles. The lowest BCUT2D eigenvalue weighted by Crippen LogP contribution is -2.22. The maximum Gasteiger partial charge on any atom is 0.314 e. The number of esters is 1. The van der Waals surface area contributed by atoms with Gasteiger partial charge in [0.2, 0.25) is 0 Å². The normalized spacial score (nSPS) is 11.4. The first-order valence-electron chi connectivity index (χ1n) is 8.06. The first kappa shape index (κ1) is 18.3. The van der Waals surface area contributed by atoms with Crippen LogP contribution in [0.2, 0.25) is 0 Å². The van der Waals surface area contributed by atoms with E-state index >= 15 is 0 Å². The summed E-state index contributed by atoms with van der Waals surface area (Å²) in [7, 11) is 1.57. The highest BCUT2D eigenvalue weighted by atomic mass is 16.5. The lowest BCUT2D eigenvalue weighted by Gasteiger charge is -2.14. The van der Waals surface area contributed by atoms with Crippen molar-refractivity contribution >= 4 is 17.6 Å². The van der Waals surface area contributed by atoms with Gasteiger partial charge in [0.25, 0.3) is 0 Å². The summed E-state index contributed by atoms with van der Waals surface area (Å²) in [5, 5.41) is 0. The Morgan fingerprint density at radius 1 is 1.12 bits per heavy atom. The van der Waals surface area contributed by atoms with Gasteiger partial charge in [-0.25, -0.2) is 4.99 Å². The second-order valence-electron chi connectivity index (χ2n) is 5.61. The van der Waals surface area contributed by atoms with Gasteiger partial charge in [-0.3, -0.25) is 4.79 Å². The van der Waals surface area contributed by atoms with Crippen molar-refractivity contribution in [3.8, 4) is 11.5 Å². The quantitative estimate of drug-likeness (QED) is 0.349. The van der Waals surface area contributed by atoms with Crippen molar-refractivity contribution in [3.05, 3.63) is 54.1 Å². The first-order chi connectivity index (χ1) is 12.0. The summed E-state index contributed by atoms with van der Waals surface area (Å²) in [5.74, 6) is 0.643. The summed E-state index contributed by atoms with van der Waals surface area (Å²) in [4.78, 5) is 16.4. The molecule has 1 unspecified atom stereocenters. The van der Waals surface area contributed by atoms with Gasteiger partial charge in [0.1, 0.15) is 11.5 Å². The van der Waals surface area contributed by atoms with Crippen LogP contribution < -0.4 is 20.9 Å². The Balaban J connectivity index is 2.03. The average Bonchev–Trinajstić information content (AvgIpc) is 2.60. The van der Waals surface area contributed by atoms with Crippen LogP contribution in [-0.2, 0) is 11.2 Å². The van der Waals surface area contributed by atoms with E-state index in [1.165, 1.54) is 0 Å². The molecule has 132 valence electrons. The van der Waals surface area contributed by atoms with E-state index in [1.54, 1.807) is 31.4 Å². The molecule has 0 aliphatic heterocycles. The Labute approximate surface area is 147 Å². The third kappa shape index (κ3) is 5.53. The SMILES string of the molecule is CCC(Cc1ccc(N=C(N)N)cc1)C(=O)Oc1cccc(OC)c1. The fraction of sp³-hybridized carbons (Fsp3) is 0.263. The highest BCUT2D eigenvalue weighted by molar-refractivity contribution is 5.79. The fourth-order valence-electron chi connectivity index (χ4n) is 2.40. The van der Waals surface area contributed by atoms with Crippen molar-refractivity contribution in [1.82, 2.24) is 0 Å². The summed E-state index contributed by atoms with van der Waals surface area (Å²) in [6, 6.07) is 14.4. The van der Waals surface area contributed by atoms with Crippen molar-refractivity contribution in [2.45, 2.75) is 19.8 Å². The van der Waals surface area contributed by atoms with Crippen LogP contribution in [0.3, 0.4) is 0 Å². The molecule has 0 fully saturated rings. The number of carbonyl (C=O) groups is 1. The number of hydrogen-bond acceptors (Lipinski definition) is 4. The molecule has 6 nitrogen and oxygen atoms in total. The highest BCUT2D eigenvalue weighted by Gasteiger charge is 2.19. The number of aliphatic imine (C=N–C) groups is 1. The van der Waals surface area contributed by atoms with Crippen molar-refractivity contribution < 1.29 is 14.3 Å². The lowest BCUT2D eigenvalue weighted by atomic mass is 9.97. The fourth-order valence-corrected chi connectivity index (χ4v) is 2.40. The Kier molecular flexibility index (Phi) is 6.39. The van der Waals surface area contributed by atoms with E-state index in [1.807, 2.05) is 31.2 Å². The number of methoxy groups -OCH3 is 1. The van der Waals surface area contributed by atoms with Crippen LogP contribution in [0.1, 0.15) is 18.9 Å². The smallest absolute Gasteiger partial charge is 0.314 e. The standard InChI is InChI=1S/C19H23N3O3/c1-3-14(11-13-7-9-15(10-8-13)22-19(20)21)18(23)25-17-6-4-5-16(12-17)24-2/h4-10,12,14H,3,11H2,1-2H3,(H4,20,21,22). The maximum atomic E-state index is 12.4. The molecule has 0 aliphatic rings. The number of carbonyl (C=O) groups excluding carboxylic acids is 1. The molecular formula is C19H23N3O3. The zero-order valence-electron chi connectivity index (χ0n) is 14.4. The molecule has 0 heterocycles. The van der Waals surface area contributed by atoms with Crippen molar-refractivity contribution in [3.63, 3.8) is 0 Å². The summed E-state index contributed by atoms with van der Waals surface area (Å²) in [5.41, 5.74) is 12.4. The molecule has 2 aromatic rings. The molecule has 0 aliphatic carbocycles. The van der Waals surface area contributed by atoms with Crippen LogP contribution >= 0.6 is 0 Å². The number of nitrogens with two attached hydrogens (primary N) is 2. The van der Waals surface area contributed by atoms with Crippen LogP contribution in [0.25, 0.3) is 0 Å². The monoisotopic (exact) mass is 341 g/mol. The van der Waals surface area contributed by atoms with E-state index in [2.05, 4.69) is 4.99 Å². The molecular weight excluding hydrogens is 318 g/mol. The van der Waals surface area contributed by atoms with E-state index in [4.69, 9.17) is 20.9 Å². The molecule has 0 radical (unpaired) electrons. The Bertz CT molecular complexity index is 738. The third-order valence-corrected chi connectivity index (χ3v) is 3.76. The summed E-state index contributed by atoms with van der Waals surface area (Å²) in [6.45, 7) is 1.96. The van der Waals surface area contributed by atoms with Crippen LogP contribution in [0, 0.1) is 5.92 Å². The van der Waals surface area contributed by atoms with Gasteiger partial charge in [-0.05, 0) is 42.7 Å². The van der Waals surface area contributed by atoms with Gasteiger partial charge < -0.3 is 20.9 Å². The number of ether oxygens (including phenoxy) is 2. The minimum absolute atomic E-state index is 0.0149. The van der Waals surface area contributed by atoms with Gasteiger partial charge in [-0.1, -0.05) is 25.1 Å². The number of benzene rings is 2. The van der Waals surface area contributed by atoms with E-state index in [9.17, 15) is 4.79 Å². The van der Waals surface area contributed by atoms with Gasteiger partial charge in [0, 0.05) is 6.07 Å². The lowest BCUT2D eigenvalue weighted by molar-refractivity contribution is -0.139. The first-order valence-corrected chi connectivity index (χ1v) is 8.06. The van der Waals surface area contributed by atoms with E-state index in [-0.39, 0.29) is 17.8 Å². The Hall–Kier alpha value is -3.02. The minimum Gasteiger partial charge on any atom is -0.497 e. The molecule has 0 aromatic heterocycles. The molecule has 0 saturated heterocycles. The molecule has 2 aromatic carbocycles. The maximum absolute atomic E-state index is 12.4. The molecule has 0 spiro atoms. The minimum atomic E-state index is -0.260. The van der Waals surface area contributed by atoms with Gasteiger partial charge in [0.15, 0.2) is 5.96 Å². The van der Waals surface area contributed by atoms with Crippen LogP contribution in [-0.4, -0.2) is 19.0 Å². The molecule has 2 rings (SSSR count). The van der Waals surface area contributed by atoms with Crippen LogP contribution in [0.4, 0.5) is 5.69 Å². The summed E-state index contributed by atoms with van der Waals surface area (Å²) < 4.78 is 10.6. The van der Waals surface area contributed by atoms with Crippen molar-refractivity contribution in [2.75, 3.05) is 7.11 Å². The van der Waals surface area contributed by atoms with Crippen molar-refractivity contribution in [1.29, 1.82) is 0 Å². The van der Waals surface area contributed by atoms with Gasteiger partial charge >= 0.3 is 5.97 Å². The van der Waals surface area contributed by atoms with Gasteiger partial charge in [-0.2, -0.15) is 0 Å². The third-order valence-electron chi connectivity index (χ3n) is 3.76. The second-order valence-corrected chi connectivity index (χ2v) is 5.61. The molecule has 25 heavy (non-hydrogen) atoms. The number of guanidine groups is 1. The Morgan fingerprint density at radius 3 is 2.40 bits per heavy atom. The average molecular weight is 341 g/mol. The van der Waals surface area contributed by atoms with E-state index < -0.39 is 0 Å². The van der Waals surface area contributed by atoms with E-state index in [0.717, 1.165) is 5.56 Å². The zero-order valence-corrected chi connectivity index (χ0v) is 14.4. The largest absolute Gasteiger partial charge is 0.497 e. The summed E-state index contributed by atoms with van der Waals surface area (Å²) in [6.07, 6.45) is 1.26. The molecule has 0 amide bonds. The summed E-state index contributed by atoms with van der Waals surface area (Å²) >= 11 is 0. The number of nitrogens with zero attached hydrogens (tertiary/aromatic N) is 1. The van der Waals surface area contributed by atoms with Crippen molar-refractivity contribution in [2.24, 2.45) is 22.4 Å². The van der Waals surface area contributed by atoms with Gasteiger partial charge in [0.05, 0.1) is 18.7 Å².